The van der Waals surface area contributed by atoms with Crippen LogP contribution in [0.3, 0.4) is 0 Å². The van der Waals surface area contributed by atoms with Gasteiger partial charge in [-0.25, -0.2) is 18.6 Å². The number of aromatic nitrogens is 1. The highest BCUT2D eigenvalue weighted by atomic mass is 32.1. The van der Waals surface area contributed by atoms with Gasteiger partial charge in [-0.1, -0.05) is 30.3 Å². The average Bonchev–Trinajstić information content (AvgIpc) is 3.13. The third kappa shape index (κ3) is 4.45. The zero-order valence-electron chi connectivity index (χ0n) is 15.1. The van der Waals surface area contributed by atoms with Gasteiger partial charge in [0.05, 0.1) is 5.69 Å². The van der Waals surface area contributed by atoms with Crippen molar-refractivity contribution in [2.45, 2.75) is 26.1 Å². The lowest BCUT2D eigenvalue weighted by atomic mass is 10.1. The Morgan fingerprint density at radius 3 is 2.43 bits per heavy atom. The first-order valence-electron chi connectivity index (χ1n) is 8.30. The van der Waals surface area contributed by atoms with Crippen LogP contribution in [0.4, 0.5) is 8.78 Å². The van der Waals surface area contributed by atoms with Crippen LogP contribution in [0.15, 0.2) is 47.8 Å². The molecule has 0 unspecified atom stereocenters. The van der Waals surface area contributed by atoms with Crippen LogP contribution >= 0.6 is 11.3 Å². The van der Waals surface area contributed by atoms with Crippen LogP contribution in [-0.4, -0.2) is 21.7 Å². The van der Waals surface area contributed by atoms with Crippen molar-refractivity contribution in [3.05, 3.63) is 64.5 Å². The Morgan fingerprint density at radius 2 is 1.82 bits per heavy atom. The fraction of sp³-hybridized carbons (Fsp3) is 0.200. The molecular formula is C20H17F2NO4S. The number of carboxylic acids is 1. The molecule has 0 atom stereocenters. The molecule has 0 bridgehead atoms. The van der Waals surface area contributed by atoms with Crippen molar-refractivity contribution in [3.63, 3.8) is 0 Å². The first-order valence-corrected chi connectivity index (χ1v) is 9.18. The van der Waals surface area contributed by atoms with Crippen molar-refractivity contribution in [2.24, 2.45) is 0 Å². The number of carbonyl (C=O) groups is 1. The van der Waals surface area contributed by atoms with E-state index in [4.69, 9.17) is 14.6 Å². The zero-order valence-corrected chi connectivity index (χ0v) is 15.9. The summed E-state index contributed by atoms with van der Waals surface area (Å²) in [4.78, 5) is 15.5. The van der Waals surface area contributed by atoms with E-state index in [-0.39, 0.29) is 12.4 Å². The lowest BCUT2D eigenvalue weighted by molar-refractivity contribution is -0.152. The minimum absolute atomic E-state index is 0.0389. The first-order chi connectivity index (χ1) is 13.3. The highest BCUT2D eigenvalue weighted by Gasteiger charge is 2.32. The smallest absolute Gasteiger partial charge is 0.347 e. The van der Waals surface area contributed by atoms with Crippen LogP contribution in [0.1, 0.15) is 18.9 Å². The molecule has 1 aromatic heterocycles. The predicted octanol–water partition coefficient (Wildman–Crippen LogP) is 4.91. The van der Waals surface area contributed by atoms with Gasteiger partial charge in [0.15, 0.2) is 23.0 Å². The molecule has 0 saturated carbocycles. The summed E-state index contributed by atoms with van der Waals surface area (Å²) in [5.41, 5.74) is -0.0236. The van der Waals surface area contributed by atoms with Gasteiger partial charge in [-0.3, -0.25) is 0 Å². The van der Waals surface area contributed by atoms with Crippen LogP contribution in [0.5, 0.6) is 11.5 Å². The van der Waals surface area contributed by atoms with Gasteiger partial charge >= 0.3 is 5.97 Å². The zero-order chi connectivity index (χ0) is 20.3. The van der Waals surface area contributed by atoms with E-state index >= 15 is 0 Å². The molecule has 2 aromatic carbocycles. The van der Waals surface area contributed by atoms with Gasteiger partial charge in [0.25, 0.3) is 0 Å². The largest absolute Gasteiger partial charge is 0.486 e. The predicted molar refractivity (Wildman–Crippen MR) is 101 cm³/mol. The highest BCUT2D eigenvalue weighted by Crippen LogP contribution is 2.31. The normalized spacial score (nSPS) is 11.3. The van der Waals surface area contributed by atoms with Crippen LogP contribution in [0, 0.1) is 11.6 Å². The Labute approximate surface area is 164 Å². The molecule has 0 radical (unpaired) electrons. The topological polar surface area (TPSA) is 68.7 Å². The molecule has 1 N–H and O–H groups in total. The molecule has 8 heteroatoms. The molecule has 28 heavy (non-hydrogen) atoms. The highest BCUT2D eigenvalue weighted by molar-refractivity contribution is 7.09. The molecule has 3 aromatic rings. The van der Waals surface area contributed by atoms with Crippen LogP contribution in [0.25, 0.3) is 11.3 Å². The van der Waals surface area contributed by atoms with Gasteiger partial charge < -0.3 is 14.6 Å². The van der Waals surface area contributed by atoms with Crippen LogP contribution < -0.4 is 9.47 Å². The number of nitrogens with zero attached hydrogens (tertiary/aromatic N) is 1. The maximum Gasteiger partial charge on any atom is 0.347 e. The van der Waals surface area contributed by atoms with Crippen LogP contribution in [0.2, 0.25) is 0 Å². The second-order valence-corrected chi connectivity index (χ2v) is 7.36. The quantitative estimate of drug-likeness (QED) is 0.605. The summed E-state index contributed by atoms with van der Waals surface area (Å²) in [6, 6.07) is 11.5. The molecule has 0 aliphatic carbocycles. The minimum Gasteiger partial charge on any atom is -0.486 e. The molecule has 1 heterocycles. The van der Waals surface area contributed by atoms with E-state index in [0.29, 0.717) is 5.01 Å². The summed E-state index contributed by atoms with van der Waals surface area (Å²) < 4.78 is 38.8. The molecule has 0 amide bonds. The van der Waals surface area contributed by atoms with Gasteiger partial charge in [-0.15, -0.1) is 11.3 Å². The van der Waals surface area contributed by atoms with E-state index in [1.165, 1.54) is 25.2 Å². The monoisotopic (exact) mass is 405 g/mol. The van der Waals surface area contributed by atoms with Crippen LogP contribution in [-0.2, 0) is 11.4 Å². The maximum absolute atomic E-state index is 14.2. The van der Waals surface area contributed by atoms with Crippen molar-refractivity contribution >= 4 is 17.3 Å². The maximum atomic E-state index is 14.2. The Balaban J connectivity index is 1.70. The molecular weight excluding hydrogens is 388 g/mol. The van der Waals surface area contributed by atoms with Gasteiger partial charge in [-0.05, 0) is 13.8 Å². The molecule has 0 fully saturated rings. The number of ether oxygens (including phenoxy) is 2. The summed E-state index contributed by atoms with van der Waals surface area (Å²) >= 11 is 1.37. The van der Waals surface area contributed by atoms with Crippen molar-refractivity contribution in [2.75, 3.05) is 0 Å². The van der Waals surface area contributed by atoms with Crippen molar-refractivity contribution < 1.29 is 28.2 Å². The summed E-state index contributed by atoms with van der Waals surface area (Å²) in [5.74, 6) is -4.25. The average molecular weight is 405 g/mol. The Hall–Kier alpha value is -3.00. The number of rotatable bonds is 7. The third-order valence-electron chi connectivity index (χ3n) is 3.83. The van der Waals surface area contributed by atoms with E-state index in [0.717, 1.165) is 23.4 Å². The van der Waals surface area contributed by atoms with E-state index in [2.05, 4.69) is 4.98 Å². The number of carboxylic acid groups (broad SMARTS) is 1. The summed E-state index contributed by atoms with van der Waals surface area (Å²) in [7, 11) is 0. The summed E-state index contributed by atoms with van der Waals surface area (Å²) in [6.45, 7) is 2.44. The Bertz CT molecular complexity index is 966. The SMILES string of the molecule is CC(C)(Oc1c(F)cc(OCc2nc(-c3ccccc3)cs2)cc1F)C(=O)O. The Morgan fingerprint density at radius 1 is 1.18 bits per heavy atom. The van der Waals surface area contributed by atoms with Crippen molar-refractivity contribution in [1.82, 2.24) is 4.98 Å². The fourth-order valence-corrected chi connectivity index (χ4v) is 2.99. The second kappa shape index (κ2) is 7.93. The summed E-state index contributed by atoms with van der Waals surface area (Å²) in [5, 5.41) is 11.6. The molecule has 0 spiro atoms. The molecule has 0 aliphatic rings. The minimum atomic E-state index is -1.78. The van der Waals surface area contributed by atoms with Crippen molar-refractivity contribution in [3.8, 4) is 22.8 Å². The van der Waals surface area contributed by atoms with Gasteiger partial charge in [0.1, 0.15) is 17.4 Å². The summed E-state index contributed by atoms with van der Waals surface area (Å²) in [6.07, 6.45) is 0. The molecule has 0 saturated heterocycles. The molecule has 3 rings (SSSR count). The number of halogens is 2. The van der Waals surface area contributed by atoms with E-state index in [1.807, 2.05) is 35.7 Å². The second-order valence-electron chi connectivity index (χ2n) is 6.41. The van der Waals surface area contributed by atoms with Gasteiger partial charge in [0.2, 0.25) is 0 Å². The van der Waals surface area contributed by atoms with E-state index < -0.39 is 29.0 Å². The number of hydrogen-bond donors (Lipinski definition) is 1. The lowest BCUT2D eigenvalue weighted by Crippen LogP contribution is -2.38. The number of thiazole rings is 1. The van der Waals surface area contributed by atoms with Gasteiger partial charge in [0, 0.05) is 23.1 Å². The number of benzene rings is 2. The van der Waals surface area contributed by atoms with E-state index in [9.17, 15) is 13.6 Å². The van der Waals surface area contributed by atoms with Gasteiger partial charge in [-0.2, -0.15) is 0 Å². The molecule has 0 aliphatic heterocycles. The first kappa shape index (κ1) is 19.8. The fourth-order valence-electron chi connectivity index (χ4n) is 2.28. The molecule has 146 valence electrons. The Kier molecular flexibility index (Phi) is 5.60. The standard InChI is InChI=1S/C20H17F2NO4S/c1-20(2,19(24)25)27-18-14(21)8-13(9-15(18)22)26-10-17-23-16(11-28-17)12-6-4-3-5-7-12/h3-9,11H,10H2,1-2H3,(H,24,25). The number of aliphatic carboxylic acids is 1. The lowest BCUT2D eigenvalue weighted by Gasteiger charge is -2.22. The third-order valence-corrected chi connectivity index (χ3v) is 4.65. The molecule has 5 nitrogen and oxygen atoms in total. The van der Waals surface area contributed by atoms with E-state index in [1.54, 1.807) is 0 Å². The number of hydrogen-bond acceptors (Lipinski definition) is 5. The van der Waals surface area contributed by atoms with Crippen molar-refractivity contribution in [1.29, 1.82) is 0 Å².